The fourth-order valence-corrected chi connectivity index (χ4v) is 2.67. The quantitative estimate of drug-likeness (QED) is 0.791. The Balaban J connectivity index is 2.01. The number of aromatic hydroxyl groups is 1. The average molecular weight is 331 g/mol. The molecule has 23 heavy (non-hydrogen) atoms. The standard InChI is InChI=1S/C17H15ClN2O3/c1-11-10-17(23,13-5-7-14(18)8-6-13)20(19-11)16(22)12-3-2-4-15(21)9-12/h2-10,19,21,23H,1H3. The number of rotatable bonds is 2. The van der Waals surface area contributed by atoms with Gasteiger partial charge in [0.25, 0.3) is 5.91 Å². The molecule has 1 aliphatic rings. The van der Waals surface area contributed by atoms with E-state index in [-0.39, 0.29) is 11.3 Å². The summed E-state index contributed by atoms with van der Waals surface area (Å²) < 4.78 is 0. The number of hydrazine groups is 1. The van der Waals surface area contributed by atoms with Crippen molar-refractivity contribution >= 4 is 17.5 Å². The van der Waals surface area contributed by atoms with Crippen LogP contribution in [0.25, 0.3) is 0 Å². The highest BCUT2D eigenvalue weighted by atomic mass is 35.5. The summed E-state index contributed by atoms with van der Waals surface area (Å²) in [7, 11) is 0. The van der Waals surface area contributed by atoms with E-state index < -0.39 is 11.6 Å². The van der Waals surface area contributed by atoms with Crippen molar-refractivity contribution in [3.05, 3.63) is 76.5 Å². The Morgan fingerprint density at radius 2 is 1.91 bits per heavy atom. The van der Waals surface area contributed by atoms with Crippen LogP contribution in [0.2, 0.25) is 5.02 Å². The Hall–Kier alpha value is -2.50. The predicted molar refractivity (Wildman–Crippen MR) is 86.5 cm³/mol. The van der Waals surface area contributed by atoms with Crippen LogP contribution >= 0.6 is 11.6 Å². The van der Waals surface area contributed by atoms with E-state index >= 15 is 0 Å². The smallest absolute Gasteiger partial charge is 0.275 e. The lowest BCUT2D eigenvalue weighted by atomic mass is 10.0. The zero-order valence-electron chi connectivity index (χ0n) is 12.3. The molecular weight excluding hydrogens is 316 g/mol. The molecule has 0 aromatic heterocycles. The van der Waals surface area contributed by atoms with Crippen LogP contribution in [0.1, 0.15) is 22.8 Å². The van der Waals surface area contributed by atoms with E-state index in [1.54, 1.807) is 49.4 Å². The first-order valence-electron chi connectivity index (χ1n) is 6.98. The molecule has 0 fully saturated rings. The molecule has 118 valence electrons. The van der Waals surface area contributed by atoms with Gasteiger partial charge in [0.05, 0.1) is 0 Å². The number of nitrogens with zero attached hydrogens (tertiary/aromatic N) is 1. The fourth-order valence-electron chi connectivity index (χ4n) is 2.54. The van der Waals surface area contributed by atoms with Crippen molar-refractivity contribution in [1.82, 2.24) is 10.4 Å². The molecule has 3 N–H and O–H groups in total. The summed E-state index contributed by atoms with van der Waals surface area (Å²) in [4.78, 5) is 12.7. The number of nitrogens with one attached hydrogen (secondary N) is 1. The Labute approximate surface area is 138 Å². The largest absolute Gasteiger partial charge is 0.508 e. The number of carbonyl (C=O) groups excluding carboxylic acids is 1. The minimum Gasteiger partial charge on any atom is -0.508 e. The third-order valence-corrected chi connectivity index (χ3v) is 3.86. The second-order valence-corrected chi connectivity index (χ2v) is 5.80. The fraction of sp³-hybridized carbons (Fsp3) is 0.118. The Morgan fingerprint density at radius 3 is 2.57 bits per heavy atom. The molecule has 1 unspecified atom stereocenters. The third kappa shape index (κ3) is 2.76. The molecule has 1 atom stereocenters. The number of benzene rings is 2. The van der Waals surface area contributed by atoms with Crippen molar-refractivity contribution in [3.63, 3.8) is 0 Å². The van der Waals surface area contributed by atoms with E-state index in [0.717, 1.165) is 5.01 Å². The van der Waals surface area contributed by atoms with Crippen molar-refractivity contribution in [3.8, 4) is 5.75 Å². The Bertz CT molecular complexity index is 789. The first kappa shape index (κ1) is 15.4. The number of allylic oxidation sites excluding steroid dienone is 1. The molecule has 1 amide bonds. The number of amides is 1. The number of phenols is 1. The molecule has 0 bridgehead atoms. The predicted octanol–water partition coefficient (Wildman–Crippen LogP) is 2.76. The highest BCUT2D eigenvalue weighted by Crippen LogP contribution is 2.33. The van der Waals surface area contributed by atoms with Gasteiger partial charge in [0.15, 0.2) is 0 Å². The van der Waals surface area contributed by atoms with E-state index in [2.05, 4.69) is 5.43 Å². The van der Waals surface area contributed by atoms with Crippen molar-refractivity contribution in [2.45, 2.75) is 12.6 Å². The van der Waals surface area contributed by atoms with Gasteiger partial charge in [0.1, 0.15) is 5.75 Å². The maximum Gasteiger partial charge on any atom is 0.275 e. The van der Waals surface area contributed by atoms with Crippen molar-refractivity contribution in [1.29, 1.82) is 0 Å². The second-order valence-electron chi connectivity index (χ2n) is 5.36. The van der Waals surface area contributed by atoms with Crippen LogP contribution in [0, 0.1) is 0 Å². The highest BCUT2D eigenvalue weighted by molar-refractivity contribution is 6.30. The van der Waals surface area contributed by atoms with E-state index in [4.69, 9.17) is 11.6 Å². The molecule has 1 heterocycles. The molecule has 0 radical (unpaired) electrons. The molecule has 6 heteroatoms. The Kier molecular flexibility index (Phi) is 3.75. The number of aliphatic hydroxyl groups is 1. The van der Waals surface area contributed by atoms with Gasteiger partial charge in [-0.05, 0) is 43.3 Å². The van der Waals surface area contributed by atoms with Gasteiger partial charge in [-0.2, -0.15) is 0 Å². The van der Waals surface area contributed by atoms with Gasteiger partial charge in [-0.25, -0.2) is 5.01 Å². The molecule has 2 aromatic rings. The number of phenolic OH excluding ortho intramolecular Hbond substituents is 1. The molecule has 0 spiro atoms. The maximum absolute atomic E-state index is 12.7. The van der Waals surface area contributed by atoms with Crippen molar-refractivity contribution in [2.75, 3.05) is 0 Å². The molecule has 3 rings (SSSR count). The summed E-state index contributed by atoms with van der Waals surface area (Å²) in [6, 6.07) is 12.6. The van der Waals surface area contributed by atoms with Gasteiger partial charge in [-0.15, -0.1) is 0 Å². The summed E-state index contributed by atoms with van der Waals surface area (Å²) in [5, 5.41) is 22.3. The van der Waals surface area contributed by atoms with Gasteiger partial charge in [-0.3, -0.25) is 10.2 Å². The monoisotopic (exact) mass is 330 g/mol. The van der Waals surface area contributed by atoms with Crippen molar-refractivity contribution < 1.29 is 15.0 Å². The summed E-state index contributed by atoms with van der Waals surface area (Å²) in [5.41, 5.74) is 2.61. The normalized spacial score (nSPS) is 20.1. The number of halogens is 1. The lowest BCUT2D eigenvalue weighted by Gasteiger charge is -2.33. The second kappa shape index (κ2) is 5.61. The average Bonchev–Trinajstić information content (AvgIpc) is 2.83. The van der Waals surface area contributed by atoms with Crippen LogP contribution < -0.4 is 5.43 Å². The van der Waals surface area contributed by atoms with Crippen LogP contribution in [0.5, 0.6) is 5.75 Å². The summed E-state index contributed by atoms with van der Waals surface area (Å²) in [6.07, 6.45) is 1.55. The number of carbonyl (C=O) groups is 1. The van der Waals surface area contributed by atoms with Crippen LogP contribution in [0.4, 0.5) is 0 Å². The van der Waals surface area contributed by atoms with Crippen LogP contribution in [-0.4, -0.2) is 21.1 Å². The van der Waals surface area contributed by atoms with Gasteiger partial charge in [0, 0.05) is 21.8 Å². The van der Waals surface area contributed by atoms with Gasteiger partial charge in [0.2, 0.25) is 5.72 Å². The van der Waals surface area contributed by atoms with Gasteiger partial charge in [-0.1, -0.05) is 29.8 Å². The molecule has 5 nitrogen and oxygen atoms in total. The number of hydrogen-bond acceptors (Lipinski definition) is 4. The molecule has 2 aromatic carbocycles. The Morgan fingerprint density at radius 1 is 1.22 bits per heavy atom. The zero-order valence-corrected chi connectivity index (χ0v) is 13.1. The molecule has 0 saturated heterocycles. The number of hydrogen-bond donors (Lipinski definition) is 3. The molecule has 0 aliphatic carbocycles. The van der Waals surface area contributed by atoms with E-state index in [1.807, 2.05) is 0 Å². The maximum atomic E-state index is 12.7. The lowest BCUT2D eigenvalue weighted by molar-refractivity contribution is -0.0603. The summed E-state index contributed by atoms with van der Waals surface area (Å²) in [5.74, 6) is -0.485. The third-order valence-electron chi connectivity index (χ3n) is 3.61. The van der Waals surface area contributed by atoms with E-state index in [1.165, 1.54) is 12.1 Å². The highest BCUT2D eigenvalue weighted by Gasteiger charge is 2.42. The summed E-state index contributed by atoms with van der Waals surface area (Å²) >= 11 is 5.88. The topological polar surface area (TPSA) is 72.8 Å². The first-order valence-corrected chi connectivity index (χ1v) is 7.36. The lowest BCUT2D eigenvalue weighted by Crippen LogP contribution is -2.50. The van der Waals surface area contributed by atoms with E-state index in [9.17, 15) is 15.0 Å². The molecular formula is C17H15ClN2O3. The van der Waals surface area contributed by atoms with Gasteiger partial charge >= 0.3 is 0 Å². The minimum atomic E-state index is -1.64. The molecule has 0 saturated carbocycles. The van der Waals surface area contributed by atoms with Crippen LogP contribution in [-0.2, 0) is 5.72 Å². The van der Waals surface area contributed by atoms with Crippen molar-refractivity contribution in [2.24, 2.45) is 0 Å². The van der Waals surface area contributed by atoms with Crippen LogP contribution in [0.15, 0.2) is 60.3 Å². The van der Waals surface area contributed by atoms with E-state index in [0.29, 0.717) is 16.3 Å². The SMILES string of the molecule is CC1=CC(O)(c2ccc(Cl)cc2)N(C(=O)c2cccc(O)c2)N1. The zero-order chi connectivity index (χ0) is 16.6. The van der Waals surface area contributed by atoms with Crippen LogP contribution in [0.3, 0.4) is 0 Å². The summed E-state index contributed by atoms with van der Waals surface area (Å²) in [6.45, 7) is 1.75. The minimum absolute atomic E-state index is 0.0187. The van der Waals surface area contributed by atoms with Gasteiger partial charge < -0.3 is 10.2 Å². The first-order chi connectivity index (χ1) is 10.9. The molecule has 1 aliphatic heterocycles.